The van der Waals surface area contributed by atoms with E-state index in [1.54, 1.807) is 6.20 Å². The first-order valence-electron chi connectivity index (χ1n) is 8.27. The second-order valence-electron chi connectivity index (χ2n) is 5.94. The Labute approximate surface area is 153 Å². The molecule has 0 spiro atoms. The van der Waals surface area contributed by atoms with E-state index in [2.05, 4.69) is 9.72 Å². The zero-order valence-electron chi connectivity index (χ0n) is 14.4. The smallest absolute Gasteiger partial charge is 0.387 e. The molecule has 1 heterocycles. The number of alkyl halides is 2. The Morgan fingerprint density at radius 3 is 2.48 bits per heavy atom. The van der Waals surface area contributed by atoms with E-state index in [4.69, 9.17) is 4.74 Å². The number of aromatic nitrogens is 1. The number of rotatable bonds is 7. The van der Waals surface area contributed by atoms with Gasteiger partial charge in [-0.05, 0) is 42.8 Å². The van der Waals surface area contributed by atoms with Gasteiger partial charge in [0.1, 0.15) is 5.75 Å². The summed E-state index contributed by atoms with van der Waals surface area (Å²) in [7, 11) is 0. The molecular weight excluding hydrogens is 356 g/mol. The number of hydrogen-bond acceptors (Lipinski definition) is 4. The van der Waals surface area contributed by atoms with Crippen LogP contribution in [-0.4, -0.2) is 29.5 Å². The minimum atomic E-state index is -2.93. The first kappa shape index (κ1) is 18.6. The highest BCUT2D eigenvalue weighted by atomic mass is 19.3. The van der Waals surface area contributed by atoms with E-state index in [9.17, 15) is 18.4 Å². The first-order chi connectivity index (χ1) is 12.9. The molecule has 3 rings (SSSR count). The molecule has 0 bridgehead atoms. The predicted molar refractivity (Wildman–Crippen MR) is 95.0 cm³/mol. The Kier molecular flexibility index (Phi) is 5.49. The zero-order chi connectivity index (χ0) is 19.4. The molecule has 1 N–H and O–H groups in total. The minimum absolute atomic E-state index is 0.0306. The number of esters is 1. The number of ether oxygens (including phenoxy) is 2. The number of Topliss-reactive ketones (excluding diaryl/α,β-unsaturated/α-hetero) is 1. The third-order valence-corrected chi connectivity index (χ3v) is 4.05. The van der Waals surface area contributed by atoms with Gasteiger partial charge in [-0.15, -0.1) is 0 Å². The van der Waals surface area contributed by atoms with Gasteiger partial charge in [0.15, 0.2) is 6.10 Å². The van der Waals surface area contributed by atoms with Gasteiger partial charge in [0, 0.05) is 22.7 Å². The summed E-state index contributed by atoms with van der Waals surface area (Å²) in [6.45, 7) is -1.46. The maximum atomic E-state index is 12.4. The molecule has 0 aliphatic heterocycles. The van der Waals surface area contributed by atoms with Gasteiger partial charge in [-0.3, -0.25) is 9.59 Å². The van der Waals surface area contributed by atoms with Gasteiger partial charge in [0.25, 0.3) is 0 Å². The fourth-order valence-corrected chi connectivity index (χ4v) is 2.76. The van der Waals surface area contributed by atoms with Crippen LogP contribution in [0.25, 0.3) is 10.9 Å². The van der Waals surface area contributed by atoms with E-state index in [1.807, 2.05) is 24.3 Å². The monoisotopic (exact) mass is 373 g/mol. The SMILES string of the molecule is C[C@H](OC(=O)Cc1c[nH]c2ccccc12)C(=O)c1ccc(OC(F)F)cc1. The second-order valence-corrected chi connectivity index (χ2v) is 5.94. The number of carbonyl (C=O) groups is 2. The summed E-state index contributed by atoms with van der Waals surface area (Å²) in [6.07, 6.45) is 0.771. The second kappa shape index (κ2) is 7.99. The number of nitrogens with one attached hydrogen (secondary N) is 1. The van der Waals surface area contributed by atoms with Crippen LogP contribution in [-0.2, 0) is 16.0 Å². The van der Waals surface area contributed by atoms with Gasteiger partial charge >= 0.3 is 12.6 Å². The fraction of sp³-hybridized carbons (Fsp3) is 0.200. The topological polar surface area (TPSA) is 68.4 Å². The van der Waals surface area contributed by atoms with Crippen molar-refractivity contribution in [1.82, 2.24) is 4.98 Å². The Bertz CT molecular complexity index is 950. The van der Waals surface area contributed by atoms with Crippen LogP contribution < -0.4 is 4.74 Å². The highest BCUT2D eigenvalue weighted by Gasteiger charge is 2.20. The fourth-order valence-electron chi connectivity index (χ4n) is 2.76. The molecule has 3 aromatic rings. The molecule has 2 aromatic carbocycles. The van der Waals surface area contributed by atoms with Gasteiger partial charge in [-0.25, -0.2) is 0 Å². The Morgan fingerprint density at radius 2 is 1.78 bits per heavy atom. The van der Waals surface area contributed by atoms with Gasteiger partial charge in [-0.1, -0.05) is 18.2 Å². The molecule has 0 fully saturated rings. The highest BCUT2D eigenvalue weighted by molar-refractivity contribution is 6.00. The molecule has 5 nitrogen and oxygen atoms in total. The molecule has 0 saturated heterocycles. The van der Waals surface area contributed by atoms with Gasteiger partial charge in [-0.2, -0.15) is 8.78 Å². The number of H-pyrrole nitrogens is 1. The number of ketones is 1. The lowest BCUT2D eigenvalue weighted by atomic mass is 10.1. The van der Waals surface area contributed by atoms with Crippen molar-refractivity contribution >= 4 is 22.7 Å². The zero-order valence-corrected chi connectivity index (χ0v) is 14.4. The standard InChI is InChI=1S/C20H17F2NO4/c1-12(19(25)13-6-8-15(9-7-13)27-20(21)22)26-18(24)10-14-11-23-17-5-3-2-4-16(14)17/h2-9,11-12,20,23H,10H2,1H3/t12-/m0/s1. The van der Waals surface area contributed by atoms with Crippen LogP contribution in [0.3, 0.4) is 0 Å². The molecule has 1 atom stereocenters. The lowest BCUT2D eigenvalue weighted by Gasteiger charge is -2.13. The number of para-hydroxylation sites is 1. The number of aromatic amines is 1. The number of carbonyl (C=O) groups excluding carboxylic acids is 2. The minimum Gasteiger partial charge on any atom is -0.454 e. The maximum Gasteiger partial charge on any atom is 0.387 e. The molecule has 7 heteroatoms. The van der Waals surface area contributed by atoms with Crippen molar-refractivity contribution in [1.29, 1.82) is 0 Å². The summed E-state index contributed by atoms with van der Waals surface area (Å²) in [5.74, 6) is -1.00. The van der Waals surface area contributed by atoms with Crippen molar-refractivity contribution in [3.05, 3.63) is 65.9 Å². The summed E-state index contributed by atoms with van der Waals surface area (Å²) in [4.78, 5) is 27.6. The molecule has 0 saturated carbocycles. The lowest BCUT2D eigenvalue weighted by Crippen LogP contribution is -2.25. The van der Waals surface area contributed by atoms with E-state index in [-0.39, 0.29) is 17.7 Å². The summed E-state index contributed by atoms with van der Waals surface area (Å²) < 4.78 is 33.8. The molecule has 0 radical (unpaired) electrons. The van der Waals surface area contributed by atoms with Crippen LogP contribution in [0.4, 0.5) is 8.78 Å². The summed E-state index contributed by atoms with van der Waals surface area (Å²) in [5, 5.41) is 0.919. The van der Waals surface area contributed by atoms with E-state index < -0.39 is 24.5 Å². The normalized spacial score (nSPS) is 12.1. The van der Waals surface area contributed by atoms with Crippen molar-refractivity contribution < 1.29 is 27.8 Å². The Morgan fingerprint density at radius 1 is 1.07 bits per heavy atom. The summed E-state index contributed by atoms with van der Waals surface area (Å²) >= 11 is 0. The van der Waals surface area contributed by atoms with Gasteiger partial charge in [0.05, 0.1) is 6.42 Å². The van der Waals surface area contributed by atoms with Crippen LogP contribution in [0.5, 0.6) is 5.75 Å². The Balaban J connectivity index is 1.61. The number of benzene rings is 2. The third-order valence-electron chi connectivity index (χ3n) is 4.05. The van der Waals surface area contributed by atoms with E-state index >= 15 is 0 Å². The van der Waals surface area contributed by atoms with Crippen LogP contribution in [0.2, 0.25) is 0 Å². The predicted octanol–water partition coefficient (Wildman–Crippen LogP) is 4.13. The number of fused-ring (bicyclic) bond motifs is 1. The van der Waals surface area contributed by atoms with Crippen molar-refractivity contribution in [2.45, 2.75) is 26.1 Å². The summed E-state index contributed by atoms with van der Waals surface area (Å²) in [6, 6.07) is 12.8. The molecule has 0 amide bonds. The molecule has 140 valence electrons. The number of hydrogen-bond donors (Lipinski definition) is 1. The molecule has 1 aromatic heterocycles. The quantitative estimate of drug-likeness (QED) is 0.500. The average Bonchev–Trinajstić information content (AvgIpc) is 3.04. The van der Waals surface area contributed by atoms with Crippen LogP contribution in [0.15, 0.2) is 54.7 Å². The third kappa shape index (κ3) is 4.49. The lowest BCUT2D eigenvalue weighted by molar-refractivity contribution is -0.145. The van der Waals surface area contributed by atoms with Gasteiger partial charge < -0.3 is 14.5 Å². The summed E-state index contributed by atoms with van der Waals surface area (Å²) in [5.41, 5.74) is 1.93. The van der Waals surface area contributed by atoms with Crippen molar-refractivity contribution in [2.24, 2.45) is 0 Å². The van der Waals surface area contributed by atoms with Crippen LogP contribution >= 0.6 is 0 Å². The van der Waals surface area contributed by atoms with E-state index in [0.717, 1.165) is 16.5 Å². The average molecular weight is 373 g/mol. The molecule has 0 aliphatic rings. The van der Waals surface area contributed by atoms with Crippen molar-refractivity contribution in [2.75, 3.05) is 0 Å². The van der Waals surface area contributed by atoms with Gasteiger partial charge in [0.2, 0.25) is 5.78 Å². The largest absolute Gasteiger partial charge is 0.454 e. The van der Waals surface area contributed by atoms with Crippen LogP contribution in [0, 0.1) is 0 Å². The molecule has 0 unspecified atom stereocenters. The molecule has 27 heavy (non-hydrogen) atoms. The maximum absolute atomic E-state index is 12.4. The number of halogens is 2. The first-order valence-corrected chi connectivity index (χ1v) is 8.27. The van der Waals surface area contributed by atoms with Crippen molar-refractivity contribution in [3.8, 4) is 5.75 Å². The van der Waals surface area contributed by atoms with E-state index in [1.165, 1.54) is 31.2 Å². The van der Waals surface area contributed by atoms with Crippen LogP contribution in [0.1, 0.15) is 22.8 Å². The van der Waals surface area contributed by atoms with E-state index in [0.29, 0.717) is 0 Å². The highest BCUT2D eigenvalue weighted by Crippen LogP contribution is 2.19. The molecular formula is C20H17F2NO4. The Hall–Kier alpha value is -3.22. The van der Waals surface area contributed by atoms with Crippen molar-refractivity contribution in [3.63, 3.8) is 0 Å². The molecule has 0 aliphatic carbocycles.